The highest BCUT2D eigenvalue weighted by atomic mass is 32.2. The van der Waals surface area contributed by atoms with Crippen molar-refractivity contribution in [2.24, 2.45) is 5.92 Å². The molecule has 0 saturated carbocycles. The molecule has 1 heterocycles. The van der Waals surface area contributed by atoms with Crippen LogP contribution in [0.25, 0.3) is 11.3 Å². The van der Waals surface area contributed by atoms with Crippen molar-refractivity contribution in [1.82, 2.24) is 9.97 Å². The summed E-state index contributed by atoms with van der Waals surface area (Å²) in [7, 11) is 0. The summed E-state index contributed by atoms with van der Waals surface area (Å²) in [5.41, 5.74) is 7.39. The van der Waals surface area contributed by atoms with Crippen molar-refractivity contribution in [1.29, 1.82) is 0 Å². The zero-order valence-corrected chi connectivity index (χ0v) is 15.2. The molecule has 4 N–H and O–H groups in total. The Balaban J connectivity index is 2.37. The molecule has 0 aliphatic heterocycles. The molecule has 1 unspecified atom stereocenters. The van der Waals surface area contributed by atoms with Gasteiger partial charge < -0.3 is 20.6 Å². The number of nitrogens with two attached hydrogens (primary N) is 1. The zero-order chi connectivity index (χ0) is 17.9. The molecule has 0 bridgehead atoms. The fourth-order valence-electron chi connectivity index (χ4n) is 2.23. The third kappa shape index (κ3) is 4.75. The van der Waals surface area contributed by atoms with E-state index in [2.05, 4.69) is 15.3 Å². The average molecular weight is 348 g/mol. The van der Waals surface area contributed by atoms with Gasteiger partial charge >= 0.3 is 0 Å². The van der Waals surface area contributed by atoms with E-state index < -0.39 is 11.2 Å². The molecule has 130 valence electrons. The molecule has 0 aliphatic rings. The van der Waals surface area contributed by atoms with Crippen molar-refractivity contribution >= 4 is 22.7 Å². The lowest BCUT2D eigenvalue weighted by molar-refractivity contribution is 0.581. The predicted molar refractivity (Wildman–Crippen MR) is 99.6 cm³/mol. The van der Waals surface area contributed by atoms with Crippen LogP contribution in [0.4, 0.5) is 11.5 Å². The molecule has 0 fully saturated rings. The minimum atomic E-state index is -1.13. The number of benzene rings is 1. The Morgan fingerprint density at radius 3 is 2.58 bits per heavy atom. The Morgan fingerprint density at radius 2 is 2.00 bits per heavy atom. The number of nitrogens with zero attached hydrogens (tertiary/aromatic N) is 1. The van der Waals surface area contributed by atoms with E-state index >= 15 is 0 Å². The highest BCUT2D eigenvalue weighted by Crippen LogP contribution is 2.25. The number of aromatic nitrogens is 2. The van der Waals surface area contributed by atoms with Gasteiger partial charge in [0.05, 0.1) is 11.9 Å². The summed E-state index contributed by atoms with van der Waals surface area (Å²) in [5.74, 6) is 1.16. The molecule has 2 aromatic rings. The minimum absolute atomic E-state index is 0.113. The Labute approximate surface area is 145 Å². The van der Waals surface area contributed by atoms with Gasteiger partial charge in [0, 0.05) is 29.4 Å². The molecule has 6 nitrogen and oxygen atoms in total. The highest BCUT2D eigenvalue weighted by Gasteiger charge is 2.16. The summed E-state index contributed by atoms with van der Waals surface area (Å²) in [5, 5.41) is 2.99. The number of hydrogen-bond donors (Lipinski definition) is 3. The van der Waals surface area contributed by atoms with Crippen LogP contribution in [0.2, 0.25) is 0 Å². The van der Waals surface area contributed by atoms with E-state index in [9.17, 15) is 9.35 Å². The van der Waals surface area contributed by atoms with Crippen LogP contribution in [-0.4, -0.2) is 26.3 Å². The number of nitrogens with one attached hydrogen (secondary N) is 2. The highest BCUT2D eigenvalue weighted by molar-refractivity contribution is 7.91. The Hall–Kier alpha value is -1.99. The predicted octanol–water partition coefficient (Wildman–Crippen LogP) is 2.60. The fraction of sp³-hybridized carbons (Fsp3) is 0.412. The largest absolute Gasteiger partial charge is 0.611 e. The van der Waals surface area contributed by atoms with E-state index in [4.69, 9.17) is 5.73 Å². The minimum Gasteiger partial charge on any atom is -0.611 e. The van der Waals surface area contributed by atoms with E-state index in [-0.39, 0.29) is 17.4 Å². The van der Waals surface area contributed by atoms with Gasteiger partial charge in [-0.3, -0.25) is 4.79 Å². The van der Waals surface area contributed by atoms with E-state index in [1.54, 1.807) is 24.4 Å². The van der Waals surface area contributed by atoms with E-state index in [1.165, 1.54) is 0 Å². The first kappa shape index (κ1) is 18.4. The van der Waals surface area contributed by atoms with Crippen LogP contribution in [0, 0.1) is 5.92 Å². The van der Waals surface area contributed by atoms with Gasteiger partial charge in [-0.1, -0.05) is 13.8 Å². The lowest BCUT2D eigenvalue weighted by Gasteiger charge is -2.14. The molecule has 7 heteroatoms. The van der Waals surface area contributed by atoms with Crippen LogP contribution < -0.4 is 16.6 Å². The van der Waals surface area contributed by atoms with Crippen molar-refractivity contribution in [3.8, 4) is 11.3 Å². The molecule has 1 atom stereocenters. The lowest BCUT2D eigenvalue weighted by Crippen LogP contribution is -2.21. The first-order valence-electron chi connectivity index (χ1n) is 7.91. The number of aromatic amines is 1. The summed E-state index contributed by atoms with van der Waals surface area (Å²) in [6.45, 7) is 7.91. The molecular formula is C17H24N4O2S. The number of H-pyrrole nitrogens is 1. The Bertz CT molecular complexity index is 758. The van der Waals surface area contributed by atoms with Crippen LogP contribution in [0.1, 0.15) is 27.7 Å². The molecule has 0 saturated heterocycles. The SMILES string of the molecule is CC(C)C[S+]([O-])c1cc(N)cc(-c2cnc(NC(C)C)c(=O)[nH]2)c1. The molecule has 24 heavy (non-hydrogen) atoms. The molecule has 2 rings (SSSR count). The van der Waals surface area contributed by atoms with Crippen LogP contribution >= 0.6 is 0 Å². The van der Waals surface area contributed by atoms with Gasteiger partial charge in [0.1, 0.15) is 5.75 Å². The van der Waals surface area contributed by atoms with Gasteiger partial charge in [-0.25, -0.2) is 4.98 Å². The fourth-order valence-corrected chi connectivity index (χ4v) is 3.56. The van der Waals surface area contributed by atoms with Crippen LogP contribution in [0.5, 0.6) is 0 Å². The molecule has 0 aliphatic carbocycles. The molecule has 1 aromatic carbocycles. The quantitative estimate of drug-likeness (QED) is 0.549. The normalized spacial score (nSPS) is 12.6. The molecule has 0 amide bonds. The van der Waals surface area contributed by atoms with E-state index in [0.717, 1.165) is 0 Å². The first-order valence-corrected chi connectivity index (χ1v) is 9.23. The Kier molecular flexibility index (Phi) is 5.90. The summed E-state index contributed by atoms with van der Waals surface area (Å²) in [6, 6.07) is 5.35. The van der Waals surface area contributed by atoms with Gasteiger partial charge in [-0.05, 0) is 37.0 Å². The molecule has 1 aromatic heterocycles. The van der Waals surface area contributed by atoms with Gasteiger partial charge in [0.25, 0.3) is 5.56 Å². The second kappa shape index (κ2) is 7.72. The second-order valence-electron chi connectivity index (χ2n) is 6.47. The van der Waals surface area contributed by atoms with E-state index in [0.29, 0.717) is 33.5 Å². The smallest absolute Gasteiger partial charge is 0.291 e. The van der Waals surface area contributed by atoms with Gasteiger partial charge in [0.15, 0.2) is 10.7 Å². The lowest BCUT2D eigenvalue weighted by atomic mass is 10.1. The number of nitrogen functional groups attached to an aromatic ring is 1. The first-order chi connectivity index (χ1) is 11.3. The van der Waals surface area contributed by atoms with Crippen molar-refractivity contribution in [3.63, 3.8) is 0 Å². The molecular weight excluding hydrogens is 324 g/mol. The van der Waals surface area contributed by atoms with Crippen LogP contribution in [-0.2, 0) is 11.2 Å². The maximum atomic E-state index is 12.4. The number of hydrogen-bond acceptors (Lipinski definition) is 5. The number of anilines is 2. The monoisotopic (exact) mass is 348 g/mol. The third-order valence-electron chi connectivity index (χ3n) is 3.20. The summed E-state index contributed by atoms with van der Waals surface area (Å²) in [4.78, 5) is 19.8. The summed E-state index contributed by atoms with van der Waals surface area (Å²) in [6.07, 6.45) is 1.58. The average Bonchev–Trinajstić information content (AvgIpc) is 2.47. The van der Waals surface area contributed by atoms with Crippen molar-refractivity contribution in [2.75, 3.05) is 16.8 Å². The molecule has 0 spiro atoms. The maximum Gasteiger partial charge on any atom is 0.291 e. The third-order valence-corrected chi connectivity index (χ3v) is 4.93. The van der Waals surface area contributed by atoms with Crippen molar-refractivity contribution in [3.05, 3.63) is 34.7 Å². The van der Waals surface area contributed by atoms with Crippen LogP contribution in [0.3, 0.4) is 0 Å². The molecule has 0 radical (unpaired) electrons. The number of rotatable bonds is 6. The topological polar surface area (TPSA) is 107 Å². The second-order valence-corrected chi connectivity index (χ2v) is 7.97. The standard InChI is InChI=1S/C17H24N4O2S/c1-10(2)9-24(23)14-6-12(5-13(18)7-14)15-8-19-16(17(22)21-15)20-11(3)4/h5-8,10-11H,9,18H2,1-4H3,(H,19,20)(H,21,22). The van der Waals surface area contributed by atoms with Crippen LogP contribution in [0.15, 0.2) is 34.1 Å². The van der Waals surface area contributed by atoms with Crippen molar-refractivity contribution in [2.45, 2.75) is 38.6 Å². The van der Waals surface area contributed by atoms with Gasteiger partial charge in [-0.2, -0.15) is 0 Å². The summed E-state index contributed by atoms with van der Waals surface area (Å²) < 4.78 is 12.4. The summed E-state index contributed by atoms with van der Waals surface area (Å²) >= 11 is -1.13. The van der Waals surface area contributed by atoms with E-state index in [1.807, 2.05) is 27.7 Å². The van der Waals surface area contributed by atoms with Gasteiger partial charge in [0.2, 0.25) is 0 Å². The Morgan fingerprint density at radius 1 is 1.29 bits per heavy atom. The van der Waals surface area contributed by atoms with Crippen molar-refractivity contribution < 1.29 is 4.55 Å². The maximum absolute atomic E-state index is 12.4. The van der Waals surface area contributed by atoms with Gasteiger partial charge in [-0.15, -0.1) is 0 Å². The zero-order valence-electron chi connectivity index (χ0n) is 14.4.